The first-order valence-corrected chi connectivity index (χ1v) is 9.54. The lowest BCUT2D eigenvalue weighted by Gasteiger charge is -2.41. The van der Waals surface area contributed by atoms with E-state index in [1.54, 1.807) is 10.9 Å². The van der Waals surface area contributed by atoms with Gasteiger partial charge in [-0.2, -0.15) is 16.9 Å². The first-order chi connectivity index (χ1) is 10.8. The highest BCUT2D eigenvalue weighted by atomic mass is 32.2. The van der Waals surface area contributed by atoms with E-state index in [2.05, 4.69) is 28.7 Å². The van der Waals surface area contributed by atoms with Crippen molar-refractivity contribution in [2.24, 2.45) is 0 Å². The number of nitrogens with zero attached hydrogens (tertiary/aromatic N) is 4. The van der Waals surface area contributed by atoms with Crippen LogP contribution in [0.2, 0.25) is 0 Å². The summed E-state index contributed by atoms with van der Waals surface area (Å²) in [7, 11) is 0. The number of thioether (sulfide) groups is 1. The number of piperazine rings is 1. The van der Waals surface area contributed by atoms with Crippen molar-refractivity contribution in [3.8, 4) is 0 Å². The molecule has 122 valence electrons. The SMILES string of the molecule is CC[C@H](C(=O)N1CCN(C2CCSCC2)CC1)n1cccn1. The third kappa shape index (κ3) is 3.49. The zero-order chi connectivity index (χ0) is 15.4. The average molecular weight is 322 g/mol. The average Bonchev–Trinajstić information content (AvgIpc) is 3.11. The number of hydrogen-bond acceptors (Lipinski definition) is 4. The molecule has 1 aromatic heterocycles. The van der Waals surface area contributed by atoms with Gasteiger partial charge in [-0.05, 0) is 36.8 Å². The van der Waals surface area contributed by atoms with E-state index in [1.165, 1.54) is 24.3 Å². The molecule has 0 aliphatic carbocycles. The highest BCUT2D eigenvalue weighted by Gasteiger charge is 2.30. The van der Waals surface area contributed by atoms with Gasteiger partial charge in [0, 0.05) is 44.6 Å². The maximum absolute atomic E-state index is 12.8. The van der Waals surface area contributed by atoms with Crippen molar-refractivity contribution >= 4 is 17.7 Å². The van der Waals surface area contributed by atoms with Gasteiger partial charge >= 0.3 is 0 Å². The van der Waals surface area contributed by atoms with Gasteiger partial charge in [0.1, 0.15) is 6.04 Å². The molecule has 3 rings (SSSR count). The summed E-state index contributed by atoms with van der Waals surface area (Å²) < 4.78 is 1.80. The van der Waals surface area contributed by atoms with Crippen molar-refractivity contribution < 1.29 is 4.79 Å². The largest absolute Gasteiger partial charge is 0.338 e. The number of aromatic nitrogens is 2. The van der Waals surface area contributed by atoms with E-state index in [1.807, 2.05) is 17.2 Å². The van der Waals surface area contributed by atoms with Crippen LogP contribution in [0.4, 0.5) is 0 Å². The number of amides is 1. The Morgan fingerprint density at radius 3 is 2.59 bits per heavy atom. The van der Waals surface area contributed by atoms with Crippen LogP contribution in [0.1, 0.15) is 32.2 Å². The van der Waals surface area contributed by atoms with Gasteiger partial charge in [0.05, 0.1) is 0 Å². The second kappa shape index (κ2) is 7.51. The molecule has 0 spiro atoms. The van der Waals surface area contributed by atoms with Gasteiger partial charge in [-0.1, -0.05) is 6.92 Å². The Balaban J connectivity index is 1.55. The van der Waals surface area contributed by atoms with Crippen LogP contribution >= 0.6 is 11.8 Å². The molecule has 6 heteroatoms. The van der Waals surface area contributed by atoms with E-state index in [-0.39, 0.29) is 11.9 Å². The normalized spacial score (nSPS) is 22.7. The molecule has 0 N–H and O–H groups in total. The molecular weight excluding hydrogens is 296 g/mol. The van der Waals surface area contributed by atoms with Crippen LogP contribution in [0.15, 0.2) is 18.5 Å². The molecular formula is C16H26N4OS. The molecule has 2 aliphatic heterocycles. The summed E-state index contributed by atoms with van der Waals surface area (Å²) >= 11 is 2.07. The van der Waals surface area contributed by atoms with Gasteiger partial charge in [0.25, 0.3) is 0 Å². The van der Waals surface area contributed by atoms with Crippen LogP contribution in [0, 0.1) is 0 Å². The summed E-state index contributed by atoms with van der Waals surface area (Å²) in [4.78, 5) is 17.4. The van der Waals surface area contributed by atoms with E-state index >= 15 is 0 Å². The molecule has 0 unspecified atom stereocenters. The lowest BCUT2D eigenvalue weighted by atomic mass is 10.1. The predicted octanol–water partition coefficient (Wildman–Crippen LogP) is 1.87. The Hall–Kier alpha value is -1.01. The molecule has 2 fully saturated rings. The van der Waals surface area contributed by atoms with Crippen molar-refractivity contribution in [1.82, 2.24) is 19.6 Å². The number of rotatable bonds is 4. The van der Waals surface area contributed by atoms with E-state index in [0.717, 1.165) is 38.6 Å². The minimum atomic E-state index is -0.146. The van der Waals surface area contributed by atoms with Crippen LogP contribution < -0.4 is 0 Å². The molecule has 0 aromatic carbocycles. The van der Waals surface area contributed by atoms with Crippen LogP contribution in [-0.4, -0.2) is 69.2 Å². The van der Waals surface area contributed by atoms with E-state index in [0.29, 0.717) is 0 Å². The van der Waals surface area contributed by atoms with Gasteiger partial charge in [-0.15, -0.1) is 0 Å². The van der Waals surface area contributed by atoms with Crippen molar-refractivity contribution in [2.75, 3.05) is 37.7 Å². The molecule has 2 aliphatic rings. The molecule has 3 heterocycles. The monoisotopic (exact) mass is 322 g/mol. The summed E-state index contributed by atoms with van der Waals surface area (Å²) in [5, 5.41) is 4.25. The molecule has 5 nitrogen and oxygen atoms in total. The van der Waals surface area contributed by atoms with Gasteiger partial charge in [-0.25, -0.2) is 0 Å². The van der Waals surface area contributed by atoms with Crippen molar-refractivity contribution in [3.05, 3.63) is 18.5 Å². The predicted molar refractivity (Wildman–Crippen MR) is 90.1 cm³/mol. The Bertz CT molecular complexity index is 465. The number of carbonyl (C=O) groups is 1. The van der Waals surface area contributed by atoms with Gasteiger partial charge < -0.3 is 4.90 Å². The van der Waals surface area contributed by atoms with Gasteiger partial charge in [0.2, 0.25) is 5.91 Å². The number of carbonyl (C=O) groups excluding carboxylic acids is 1. The highest BCUT2D eigenvalue weighted by molar-refractivity contribution is 7.99. The summed E-state index contributed by atoms with van der Waals surface area (Å²) in [5.41, 5.74) is 0. The summed E-state index contributed by atoms with van der Waals surface area (Å²) in [6.45, 7) is 5.83. The van der Waals surface area contributed by atoms with Gasteiger partial charge in [-0.3, -0.25) is 14.4 Å². The smallest absolute Gasteiger partial charge is 0.247 e. The minimum Gasteiger partial charge on any atom is -0.338 e. The second-order valence-corrected chi connectivity index (χ2v) is 7.34. The summed E-state index contributed by atoms with van der Waals surface area (Å²) in [6.07, 6.45) is 7.05. The molecule has 2 saturated heterocycles. The zero-order valence-electron chi connectivity index (χ0n) is 13.4. The first-order valence-electron chi connectivity index (χ1n) is 8.39. The molecule has 22 heavy (non-hydrogen) atoms. The lowest BCUT2D eigenvalue weighted by Crippen LogP contribution is -2.53. The summed E-state index contributed by atoms with van der Waals surface area (Å²) in [6, 6.07) is 2.48. The molecule has 1 aromatic rings. The topological polar surface area (TPSA) is 41.4 Å². The molecule has 1 atom stereocenters. The van der Waals surface area contributed by atoms with Crippen molar-refractivity contribution in [2.45, 2.75) is 38.3 Å². The molecule has 0 bridgehead atoms. The van der Waals surface area contributed by atoms with E-state index in [4.69, 9.17) is 0 Å². The third-order valence-corrected chi connectivity index (χ3v) is 5.90. The van der Waals surface area contributed by atoms with Crippen LogP contribution in [-0.2, 0) is 4.79 Å². The van der Waals surface area contributed by atoms with Gasteiger partial charge in [0.15, 0.2) is 0 Å². The molecule has 1 amide bonds. The fourth-order valence-electron chi connectivity index (χ4n) is 3.51. The Morgan fingerprint density at radius 1 is 1.27 bits per heavy atom. The fraction of sp³-hybridized carbons (Fsp3) is 0.750. The molecule has 0 saturated carbocycles. The quantitative estimate of drug-likeness (QED) is 0.849. The second-order valence-electron chi connectivity index (χ2n) is 6.11. The maximum Gasteiger partial charge on any atom is 0.247 e. The van der Waals surface area contributed by atoms with E-state index < -0.39 is 0 Å². The van der Waals surface area contributed by atoms with Crippen LogP contribution in [0.25, 0.3) is 0 Å². The summed E-state index contributed by atoms with van der Waals surface area (Å²) in [5.74, 6) is 2.81. The van der Waals surface area contributed by atoms with Crippen molar-refractivity contribution in [3.63, 3.8) is 0 Å². The van der Waals surface area contributed by atoms with Crippen molar-refractivity contribution in [1.29, 1.82) is 0 Å². The number of hydrogen-bond donors (Lipinski definition) is 0. The molecule has 0 radical (unpaired) electrons. The highest BCUT2D eigenvalue weighted by Crippen LogP contribution is 2.23. The lowest BCUT2D eigenvalue weighted by molar-refractivity contribution is -0.137. The van der Waals surface area contributed by atoms with E-state index in [9.17, 15) is 4.79 Å². The fourth-order valence-corrected chi connectivity index (χ4v) is 4.59. The zero-order valence-corrected chi connectivity index (χ0v) is 14.2. The minimum absolute atomic E-state index is 0.146. The Kier molecular flexibility index (Phi) is 5.41. The maximum atomic E-state index is 12.8. The Labute approximate surface area is 137 Å². The van der Waals surface area contributed by atoms with Crippen LogP contribution in [0.5, 0.6) is 0 Å². The standard InChI is InChI=1S/C16H26N4OS/c1-2-15(20-7-3-6-17-20)16(21)19-10-8-18(9-11-19)14-4-12-22-13-5-14/h3,6-7,14-15H,2,4-5,8-13H2,1H3/t15-/m1/s1. The first kappa shape index (κ1) is 15.9. The Morgan fingerprint density at radius 2 is 2.00 bits per heavy atom. The third-order valence-electron chi connectivity index (χ3n) is 4.85. The van der Waals surface area contributed by atoms with Crippen LogP contribution in [0.3, 0.4) is 0 Å².